The minimum Gasteiger partial charge on any atom is -0.481 e. The van der Waals surface area contributed by atoms with E-state index in [0.717, 1.165) is 48.7 Å². The van der Waals surface area contributed by atoms with Crippen LogP contribution in [0.15, 0.2) is 0 Å². The lowest BCUT2D eigenvalue weighted by molar-refractivity contribution is -0.143. The van der Waals surface area contributed by atoms with Crippen LogP contribution in [0, 0.1) is 59.2 Å². The third kappa shape index (κ3) is 22.0. The van der Waals surface area contributed by atoms with E-state index in [4.69, 9.17) is 0 Å². The van der Waals surface area contributed by atoms with Gasteiger partial charge < -0.3 is 15.0 Å². The molecule has 2 N–H and O–H groups in total. The van der Waals surface area contributed by atoms with Crippen molar-refractivity contribution in [3.8, 4) is 0 Å². The van der Waals surface area contributed by atoms with Crippen molar-refractivity contribution in [3.63, 3.8) is 0 Å². The first-order valence-corrected chi connectivity index (χ1v) is 16.0. The number of hydrogen-bond donors (Lipinski definition) is 2. The summed E-state index contributed by atoms with van der Waals surface area (Å²) in [6, 6.07) is 0. The molecule has 0 aromatic carbocycles. The van der Waals surface area contributed by atoms with Crippen LogP contribution in [-0.2, 0) is 9.59 Å². The predicted octanol–water partition coefficient (Wildman–Crippen LogP) is 9.53. The van der Waals surface area contributed by atoms with E-state index in [2.05, 4.69) is 62.3 Å². The first kappa shape index (κ1) is 39.2. The summed E-state index contributed by atoms with van der Waals surface area (Å²) >= 11 is 0. The van der Waals surface area contributed by atoms with E-state index >= 15 is 0 Å². The Balaban J connectivity index is 0. The average molecular weight is 541 g/mol. The van der Waals surface area contributed by atoms with Crippen LogP contribution in [0.4, 0.5) is 0 Å². The molecular formula is C34H68O4. The summed E-state index contributed by atoms with van der Waals surface area (Å²) in [6.45, 7) is 25.0. The number of carbonyl (C=O) groups excluding carboxylic acids is 1. The fraction of sp³-hybridized carbons (Fsp3) is 0.941. The van der Waals surface area contributed by atoms with Gasteiger partial charge in [0, 0.05) is 12.5 Å². The molecule has 0 aromatic heterocycles. The molecule has 0 saturated heterocycles. The van der Waals surface area contributed by atoms with Crippen LogP contribution in [0.25, 0.3) is 0 Å². The molecule has 38 heavy (non-hydrogen) atoms. The molecular weight excluding hydrogens is 472 g/mol. The smallest absolute Gasteiger partial charge is 0.306 e. The Morgan fingerprint density at radius 2 is 1.03 bits per heavy atom. The van der Waals surface area contributed by atoms with Crippen molar-refractivity contribution >= 4 is 12.3 Å². The first-order valence-electron chi connectivity index (χ1n) is 16.0. The third-order valence-corrected chi connectivity index (χ3v) is 8.20. The second-order valence-electron chi connectivity index (χ2n) is 14.0. The van der Waals surface area contributed by atoms with Gasteiger partial charge in [-0.15, -0.1) is 0 Å². The zero-order valence-corrected chi connectivity index (χ0v) is 27.3. The van der Waals surface area contributed by atoms with E-state index in [0.29, 0.717) is 31.1 Å². The molecule has 8 unspecified atom stereocenters. The average Bonchev–Trinajstić information content (AvgIpc) is 2.81. The van der Waals surface area contributed by atoms with Crippen LogP contribution >= 0.6 is 0 Å². The highest BCUT2D eigenvalue weighted by Gasteiger charge is 2.26. The number of aliphatic hydroxyl groups excluding tert-OH is 1. The fourth-order valence-electron chi connectivity index (χ4n) is 6.18. The van der Waals surface area contributed by atoms with E-state index in [9.17, 15) is 19.8 Å². The molecule has 228 valence electrons. The summed E-state index contributed by atoms with van der Waals surface area (Å²) in [4.78, 5) is 22.7. The highest BCUT2D eigenvalue weighted by atomic mass is 16.4. The van der Waals surface area contributed by atoms with E-state index in [1.54, 1.807) is 0 Å². The van der Waals surface area contributed by atoms with Crippen LogP contribution in [0.2, 0.25) is 0 Å². The largest absolute Gasteiger partial charge is 0.481 e. The van der Waals surface area contributed by atoms with Gasteiger partial charge in [-0.05, 0) is 98.7 Å². The second-order valence-corrected chi connectivity index (χ2v) is 14.0. The van der Waals surface area contributed by atoms with E-state index in [1.165, 1.54) is 32.1 Å². The quantitative estimate of drug-likeness (QED) is 0.142. The topological polar surface area (TPSA) is 74.6 Å². The summed E-state index contributed by atoms with van der Waals surface area (Å²) in [5.41, 5.74) is 0. The Morgan fingerprint density at radius 3 is 1.39 bits per heavy atom. The monoisotopic (exact) mass is 541 g/mol. The summed E-state index contributed by atoms with van der Waals surface area (Å²) in [6.07, 6.45) is 11.3. The normalized spacial score (nSPS) is 18.1. The lowest BCUT2D eigenvalue weighted by atomic mass is 9.82. The Labute approximate surface area is 238 Å². The van der Waals surface area contributed by atoms with Crippen molar-refractivity contribution in [2.75, 3.05) is 6.61 Å². The molecule has 0 radical (unpaired) electrons. The SMILES string of the molecule is CCC(C)CC(C)CC(C)CC(C)CC(C)C.CCC(C)CC(CC(C=O)CC(CO)CC(C)C)C(=O)O. The molecule has 0 bridgehead atoms. The molecule has 0 fully saturated rings. The summed E-state index contributed by atoms with van der Waals surface area (Å²) < 4.78 is 0. The molecule has 4 heteroatoms. The Morgan fingerprint density at radius 1 is 0.605 bits per heavy atom. The number of aliphatic hydroxyl groups is 1. The Bertz CT molecular complexity index is 573. The van der Waals surface area contributed by atoms with Gasteiger partial charge in [-0.25, -0.2) is 0 Å². The summed E-state index contributed by atoms with van der Waals surface area (Å²) in [5, 5.41) is 18.7. The third-order valence-electron chi connectivity index (χ3n) is 8.20. The highest BCUT2D eigenvalue weighted by molar-refractivity contribution is 5.70. The van der Waals surface area contributed by atoms with Crippen molar-refractivity contribution in [1.82, 2.24) is 0 Å². The number of rotatable bonds is 21. The minimum atomic E-state index is -0.813. The molecule has 0 saturated carbocycles. The zero-order valence-electron chi connectivity index (χ0n) is 27.3. The van der Waals surface area contributed by atoms with Crippen molar-refractivity contribution in [1.29, 1.82) is 0 Å². The van der Waals surface area contributed by atoms with Gasteiger partial charge in [0.15, 0.2) is 0 Å². The van der Waals surface area contributed by atoms with E-state index in [-0.39, 0.29) is 18.4 Å². The maximum atomic E-state index is 11.4. The number of aldehydes is 1. The van der Waals surface area contributed by atoms with E-state index in [1.807, 2.05) is 13.8 Å². The van der Waals surface area contributed by atoms with Crippen molar-refractivity contribution in [2.24, 2.45) is 59.2 Å². The van der Waals surface area contributed by atoms with Gasteiger partial charge in [0.05, 0.1) is 5.92 Å². The van der Waals surface area contributed by atoms with Crippen LogP contribution in [-0.4, -0.2) is 29.1 Å². The van der Waals surface area contributed by atoms with Gasteiger partial charge in [0.2, 0.25) is 0 Å². The molecule has 8 atom stereocenters. The number of carbonyl (C=O) groups is 2. The van der Waals surface area contributed by atoms with Crippen molar-refractivity contribution in [2.45, 2.75) is 140 Å². The van der Waals surface area contributed by atoms with Gasteiger partial charge in [0.25, 0.3) is 0 Å². The lowest BCUT2D eigenvalue weighted by Gasteiger charge is -2.23. The van der Waals surface area contributed by atoms with Gasteiger partial charge in [-0.2, -0.15) is 0 Å². The molecule has 0 amide bonds. The summed E-state index contributed by atoms with van der Waals surface area (Å²) in [7, 11) is 0. The molecule has 0 spiro atoms. The predicted molar refractivity (Wildman–Crippen MR) is 164 cm³/mol. The van der Waals surface area contributed by atoms with Gasteiger partial charge in [-0.1, -0.05) is 89.0 Å². The number of carboxylic acids is 1. The first-order chi connectivity index (χ1) is 17.7. The molecule has 0 aliphatic rings. The standard InChI is InChI=1S/C17H32O4.C17H36/c1-5-13(4)7-16(17(20)21)9-15(11-19)8-14(10-18)6-12(2)3;1-8-14(4)10-16(6)12-17(7)11-15(5)9-13(2)3/h11-16,18H,5-10H2,1-4H3,(H,20,21);13-17H,8-12H2,1-7H3. The second kappa shape index (κ2) is 22.9. The van der Waals surface area contributed by atoms with Crippen LogP contribution in [0.3, 0.4) is 0 Å². The van der Waals surface area contributed by atoms with Crippen molar-refractivity contribution in [3.05, 3.63) is 0 Å². The lowest BCUT2D eigenvalue weighted by Crippen LogP contribution is -2.23. The molecule has 0 heterocycles. The fourth-order valence-corrected chi connectivity index (χ4v) is 6.18. The number of carboxylic acid groups (broad SMARTS) is 1. The summed E-state index contributed by atoms with van der Waals surface area (Å²) in [5.74, 6) is 3.83. The van der Waals surface area contributed by atoms with Crippen molar-refractivity contribution < 1.29 is 19.8 Å². The molecule has 0 aliphatic heterocycles. The Kier molecular flexibility index (Phi) is 23.6. The number of hydrogen-bond acceptors (Lipinski definition) is 3. The van der Waals surface area contributed by atoms with Crippen LogP contribution in [0.5, 0.6) is 0 Å². The van der Waals surface area contributed by atoms with Crippen LogP contribution < -0.4 is 0 Å². The zero-order chi connectivity index (χ0) is 29.8. The maximum Gasteiger partial charge on any atom is 0.306 e. The highest BCUT2D eigenvalue weighted by Crippen LogP contribution is 2.28. The van der Waals surface area contributed by atoms with Gasteiger partial charge in [0.1, 0.15) is 6.29 Å². The van der Waals surface area contributed by atoms with Crippen LogP contribution in [0.1, 0.15) is 140 Å². The molecule has 0 aliphatic carbocycles. The Hall–Kier alpha value is -0.900. The van der Waals surface area contributed by atoms with Gasteiger partial charge in [-0.3, -0.25) is 4.79 Å². The number of aliphatic carboxylic acids is 1. The van der Waals surface area contributed by atoms with Gasteiger partial charge >= 0.3 is 5.97 Å². The maximum absolute atomic E-state index is 11.4. The van der Waals surface area contributed by atoms with E-state index < -0.39 is 11.9 Å². The molecule has 4 nitrogen and oxygen atoms in total. The minimum absolute atomic E-state index is 0.0611. The molecule has 0 rings (SSSR count). The molecule has 0 aromatic rings.